The standard InChI is InChI=1S/C31H41BrN9OP/c1-21-18-25(27(42-3)19-26(21)40-10-6-22(7-11-40)39-16-14-38(2)15-17-39)36-31-34-20-23(32)29(37-31)35-24-8-12-41-13-9-33-30(41)28(24)43(4)5/h8-9,12-13,18-20,22H,6-7,10-11,14-17H2,1-5H3,(H2,34,35,36,37). The highest BCUT2D eigenvalue weighted by atomic mass is 79.9. The van der Waals surface area contributed by atoms with Crippen LogP contribution < -0.4 is 25.6 Å². The van der Waals surface area contributed by atoms with Gasteiger partial charge in [-0.15, -0.1) is 0 Å². The number of fused-ring (bicyclic) bond motifs is 1. The first-order chi connectivity index (χ1) is 20.8. The van der Waals surface area contributed by atoms with Crippen molar-refractivity contribution in [1.82, 2.24) is 29.2 Å². The van der Waals surface area contributed by atoms with Crippen LogP contribution in [-0.4, -0.2) is 102 Å². The first kappa shape index (κ1) is 30.1. The Hall–Kier alpha value is -2.98. The van der Waals surface area contributed by atoms with Crippen LogP contribution in [0.3, 0.4) is 0 Å². The number of imidazole rings is 1. The smallest absolute Gasteiger partial charge is 0.229 e. The number of likely N-dealkylation sites (N-methyl/N-ethyl adjacent to an activating group) is 1. The fourth-order valence-corrected chi connectivity index (χ4v) is 7.69. The Morgan fingerprint density at radius 1 is 0.977 bits per heavy atom. The summed E-state index contributed by atoms with van der Waals surface area (Å²) in [4.78, 5) is 21.6. The lowest BCUT2D eigenvalue weighted by atomic mass is 10.0. The summed E-state index contributed by atoms with van der Waals surface area (Å²) < 4.78 is 8.70. The minimum atomic E-state index is -0.416. The van der Waals surface area contributed by atoms with Crippen molar-refractivity contribution in [2.45, 2.75) is 25.8 Å². The molecule has 3 aromatic heterocycles. The summed E-state index contributed by atoms with van der Waals surface area (Å²) in [7, 11) is 3.52. The number of piperidine rings is 1. The number of hydrogen-bond acceptors (Lipinski definition) is 9. The average Bonchev–Trinajstić information content (AvgIpc) is 3.48. The van der Waals surface area contributed by atoms with E-state index in [1.807, 2.05) is 18.6 Å². The SMILES string of the molecule is COc1cc(N2CCC(N3CCN(C)CC3)CC2)c(C)cc1Nc1ncc(Br)c(Nc2ccn3ccnc3c2P(C)C)n1. The molecule has 1 aromatic carbocycles. The molecule has 12 heteroatoms. The van der Waals surface area contributed by atoms with E-state index >= 15 is 0 Å². The fourth-order valence-electron chi connectivity index (χ4n) is 6.22. The number of ether oxygens (including phenoxy) is 1. The van der Waals surface area contributed by atoms with Gasteiger partial charge in [0.25, 0.3) is 0 Å². The number of aromatic nitrogens is 4. The van der Waals surface area contributed by atoms with Crippen molar-refractivity contribution in [2.24, 2.45) is 0 Å². The Balaban J connectivity index is 1.18. The third kappa shape index (κ3) is 6.45. The van der Waals surface area contributed by atoms with E-state index in [0.717, 1.165) is 40.3 Å². The number of aryl methyl sites for hydroxylation is 1. The van der Waals surface area contributed by atoms with Crippen LogP contribution in [0.25, 0.3) is 5.65 Å². The lowest BCUT2D eigenvalue weighted by Crippen LogP contribution is -2.52. The molecule has 43 heavy (non-hydrogen) atoms. The lowest BCUT2D eigenvalue weighted by Gasteiger charge is -2.43. The summed E-state index contributed by atoms with van der Waals surface area (Å²) in [5.74, 6) is 1.95. The number of benzene rings is 1. The van der Waals surface area contributed by atoms with Gasteiger partial charge < -0.3 is 29.6 Å². The van der Waals surface area contributed by atoms with E-state index in [1.54, 1.807) is 13.3 Å². The summed E-state index contributed by atoms with van der Waals surface area (Å²) in [5.41, 5.74) is 5.24. The minimum Gasteiger partial charge on any atom is -0.494 e. The Bertz CT molecular complexity index is 1580. The van der Waals surface area contributed by atoms with Gasteiger partial charge in [-0.05, 0) is 73.8 Å². The molecule has 0 spiro atoms. The molecule has 0 unspecified atom stereocenters. The van der Waals surface area contributed by atoms with Crippen LogP contribution in [-0.2, 0) is 0 Å². The number of rotatable bonds is 8. The molecule has 2 fully saturated rings. The molecule has 2 saturated heterocycles. The zero-order valence-corrected chi connectivity index (χ0v) is 28.1. The highest BCUT2D eigenvalue weighted by molar-refractivity contribution is 9.10. The average molecular weight is 667 g/mol. The third-order valence-corrected chi connectivity index (χ3v) is 10.5. The van der Waals surface area contributed by atoms with Gasteiger partial charge in [0.15, 0.2) is 0 Å². The number of nitrogens with zero attached hydrogens (tertiary/aromatic N) is 7. The molecule has 10 nitrogen and oxygen atoms in total. The highest BCUT2D eigenvalue weighted by Gasteiger charge is 2.28. The number of piperazine rings is 1. The van der Waals surface area contributed by atoms with Crippen molar-refractivity contribution in [1.29, 1.82) is 0 Å². The molecule has 5 heterocycles. The van der Waals surface area contributed by atoms with Crippen molar-refractivity contribution < 1.29 is 4.74 Å². The zero-order valence-electron chi connectivity index (χ0n) is 25.6. The first-order valence-electron chi connectivity index (χ1n) is 14.9. The van der Waals surface area contributed by atoms with E-state index in [0.29, 0.717) is 17.8 Å². The zero-order chi connectivity index (χ0) is 30.1. The molecule has 0 aliphatic carbocycles. The Morgan fingerprint density at radius 3 is 2.47 bits per heavy atom. The molecule has 0 saturated carbocycles. The Morgan fingerprint density at radius 2 is 1.74 bits per heavy atom. The van der Waals surface area contributed by atoms with Gasteiger partial charge in [0.2, 0.25) is 5.95 Å². The second-order valence-corrected chi connectivity index (χ2v) is 14.8. The number of methoxy groups -OCH3 is 1. The van der Waals surface area contributed by atoms with Crippen molar-refractivity contribution in [3.63, 3.8) is 0 Å². The molecular weight excluding hydrogens is 625 g/mol. The Labute approximate surface area is 263 Å². The third-order valence-electron chi connectivity index (χ3n) is 8.61. The normalized spacial score (nSPS) is 17.1. The molecular formula is C31H41BrN9OP. The molecule has 2 aliphatic rings. The second kappa shape index (κ2) is 12.9. The summed E-state index contributed by atoms with van der Waals surface area (Å²) in [6, 6.07) is 7.06. The summed E-state index contributed by atoms with van der Waals surface area (Å²) >= 11 is 3.64. The van der Waals surface area contributed by atoms with Crippen molar-refractivity contribution in [3.05, 3.63) is 53.0 Å². The number of pyridine rings is 1. The predicted octanol–water partition coefficient (Wildman–Crippen LogP) is 5.27. The molecule has 0 atom stereocenters. The number of hydrogen-bond donors (Lipinski definition) is 2. The van der Waals surface area contributed by atoms with Crippen molar-refractivity contribution in [3.8, 4) is 5.75 Å². The minimum absolute atomic E-state index is 0.416. The molecule has 0 bridgehead atoms. The van der Waals surface area contributed by atoms with Gasteiger partial charge in [-0.1, -0.05) is 7.92 Å². The van der Waals surface area contributed by atoms with Gasteiger partial charge >= 0.3 is 0 Å². The van der Waals surface area contributed by atoms with Crippen LogP contribution in [0.15, 0.2) is 47.5 Å². The van der Waals surface area contributed by atoms with Crippen LogP contribution in [0.2, 0.25) is 0 Å². The summed E-state index contributed by atoms with van der Waals surface area (Å²) in [6.45, 7) is 13.5. The molecule has 0 amide bonds. The van der Waals surface area contributed by atoms with Crippen molar-refractivity contribution in [2.75, 3.05) is 82.3 Å². The van der Waals surface area contributed by atoms with Gasteiger partial charge in [0.1, 0.15) is 17.2 Å². The highest BCUT2D eigenvalue weighted by Crippen LogP contribution is 2.37. The summed E-state index contributed by atoms with van der Waals surface area (Å²) in [6.07, 6.45) is 9.99. The number of halogens is 1. The van der Waals surface area contributed by atoms with Gasteiger partial charge in [-0.25, -0.2) is 9.97 Å². The number of anilines is 5. The van der Waals surface area contributed by atoms with Crippen LogP contribution >= 0.6 is 23.9 Å². The Kier molecular flexibility index (Phi) is 9.05. The summed E-state index contributed by atoms with van der Waals surface area (Å²) in [5, 5.41) is 8.14. The van der Waals surface area contributed by atoms with Gasteiger partial charge in [-0.2, -0.15) is 4.98 Å². The lowest BCUT2D eigenvalue weighted by molar-refractivity contribution is 0.0982. The monoisotopic (exact) mass is 665 g/mol. The second-order valence-electron chi connectivity index (χ2n) is 11.7. The van der Waals surface area contributed by atoms with Crippen LogP contribution in [0.4, 0.5) is 28.8 Å². The predicted molar refractivity (Wildman–Crippen MR) is 182 cm³/mol. The maximum absolute atomic E-state index is 5.87. The molecule has 0 radical (unpaired) electrons. The maximum Gasteiger partial charge on any atom is 0.229 e. The van der Waals surface area contributed by atoms with Crippen LogP contribution in [0, 0.1) is 6.92 Å². The van der Waals surface area contributed by atoms with E-state index in [2.05, 4.69) is 101 Å². The first-order valence-corrected chi connectivity index (χ1v) is 17.9. The van der Waals surface area contributed by atoms with Gasteiger partial charge in [0, 0.05) is 87.2 Å². The molecule has 2 N–H and O–H groups in total. The van der Waals surface area contributed by atoms with E-state index in [-0.39, 0.29) is 0 Å². The maximum atomic E-state index is 5.87. The molecule has 6 rings (SSSR count). The molecule has 4 aromatic rings. The molecule has 228 valence electrons. The van der Waals surface area contributed by atoms with Crippen LogP contribution in [0.1, 0.15) is 18.4 Å². The van der Waals surface area contributed by atoms with Gasteiger partial charge in [-0.3, -0.25) is 4.90 Å². The van der Waals surface area contributed by atoms with E-state index < -0.39 is 7.92 Å². The fraction of sp³-hybridized carbons (Fsp3) is 0.452. The van der Waals surface area contributed by atoms with Crippen molar-refractivity contribution >= 4 is 63.6 Å². The van der Waals surface area contributed by atoms with Crippen LogP contribution in [0.5, 0.6) is 5.75 Å². The van der Waals surface area contributed by atoms with E-state index in [4.69, 9.17) is 9.72 Å². The largest absolute Gasteiger partial charge is 0.494 e. The number of nitrogens with one attached hydrogen (secondary N) is 2. The van der Waals surface area contributed by atoms with E-state index in [9.17, 15) is 0 Å². The van der Waals surface area contributed by atoms with Gasteiger partial charge in [0.05, 0.1) is 23.0 Å². The molecule has 2 aliphatic heterocycles. The van der Waals surface area contributed by atoms with E-state index in [1.165, 1.54) is 55.6 Å². The quantitative estimate of drug-likeness (QED) is 0.244. The topological polar surface area (TPSA) is 86.1 Å².